The molecule has 0 spiro atoms. The van der Waals surface area contributed by atoms with Crippen LogP contribution in [0.25, 0.3) is 11.1 Å². The number of halogens is 1. The number of furan rings is 1. The molecule has 0 aliphatic carbocycles. The first-order valence-electron chi connectivity index (χ1n) is 8.88. The normalized spacial score (nSPS) is 10.8. The molecule has 0 aliphatic heterocycles. The van der Waals surface area contributed by atoms with E-state index in [9.17, 15) is 4.79 Å². The summed E-state index contributed by atoms with van der Waals surface area (Å²) in [7, 11) is 1.97. The highest BCUT2D eigenvalue weighted by Crippen LogP contribution is 2.31. The fraction of sp³-hybridized carbons (Fsp3) is 0.611. The Morgan fingerprint density at radius 1 is 1.19 bits per heavy atom. The maximum atomic E-state index is 12.3. The number of ether oxygens (including phenoxy) is 1. The van der Waals surface area contributed by atoms with Crippen molar-refractivity contribution in [1.29, 1.82) is 0 Å². The molecular weight excluding hydrogens is 356 g/mol. The van der Waals surface area contributed by atoms with Crippen LogP contribution in [0.15, 0.2) is 10.7 Å². The lowest BCUT2D eigenvalue weighted by Gasteiger charge is -2.22. The minimum Gasteiger partial charge on any atom is -0.462 e. The van der Waals surface area contributed by atoms with Crippen molar-refractivity contribution in [2.24, 2.45) is 0 Å². The van der Waals surface area contributed by atoms with Crippen molar-refractivity contribution in [3.8, 4) is 0 Å². The van der Waals surface area contributed by atoms with Gasteiger partial charge in [0.25, 0.3) is 0 Å². The molecule has 0 fully saturated rings. The number of hydrogen-bond donors (Lipinski definition) is 0. The van der Waals surface area contributed by atoms with E-state index in [4.69, 9.17) is 9.15 Å². The van der Waals surface area contributed by atoms with Crippen LogP contribution in [0.3, 0.4) is 0 Å². The van der Waals surface area contributed by atoms with Crippen LogP contribution in [0.1, 0.15) is 43.3 Å². The van der Waals surface area contributed by atoms with Crippen molar-refractivity contribution >= 4 is 35.3 Å². The maximum absolute atomic E-state index is 12.3. The molecule has 0 saturated heterocycles. The first-order chi connectivity index (χ1) is 12.0. The third kappa shape index (κ3) is 4.86. The zero-order chi connectivity index (χ0) is 18.4. The van der Waals surface area contributed by atoms with Crippen molar-refractivity contribution in [2.45, 2.75) is 34.1 Å². The number of aryl methyl sites for hydroxylation is 1. The Morgan fingerprint density at radius 2 is 1.88 bits per heavy atom. The molecule has 2 heterocycles. The molecule has 146 valence electrons. The maximum Gasteiger partial charge on any atom is 0.342 e. The molecule has 0 unspecified atom stereocenters. The molecule has 7 nitrogen and oxygen atoms in total. The van der Waals surface area contributed by atoms with Gasteiger partial charge in [0.2, 0.25) is 5.71 Å². The lowest BCUT2D eigenvalue weighted by molar-refractivity contribution is 0.0526. The average molecular weight is 385 g/mol. The van der Waals surface area contributed by atoms with Gasteiger partial charge >= 0.3 is 5.97 Å². The Labute approximate surface area is 161 Å². The molecule has 2 aromatic rings. The summed E-state index contributed by atoms with van der Waals surface area (Å²) in [6.07, 6.45) is 2.48. The molecule has 0 N–H and O–H groups in total. The second kappa shape index (κ2) is 10.3. The van der Waals surface area contributed by atoms with Crippen LogP contribution in [0, 0.1) is 6.92 Å². The van der Waals surface area contributed by atoms with Gasteiger partial charge in [-0.1, -0.05) is 13.8 Å². The summed E-state index contributed by atoms with van der Waals surface area (Å²) < 4.78 is 10.8. The molecule has 2 rings (SSSR count). The number of anilines is 1. The summed E-state index contributed by atoms with van der Waals surface area (Å²) in [4.78, 5) is 25.3. The Bertz CT molecular complexity index is 716. The van der Waals surface area contributed by atoms with Crippen molar-refractivity contribution in [1.82, 2.24) is 14.9 Å². The van der Waals surface area contributed by atoms with E-state index in [1.165, 1.54) is 6.33 Å². The van der Waals surface area contributed by atoms with Gasteiger partial charge in [-0.25, -0.2) is 14.8 Å². The highest BCUT2D eigenvalue weighted by atomic mass is 35.5. The molecule has 26 heavy (non-hydrogen) atoms. The van der Waals surface area contributed by atoms with Gasteiger partial charge in [-0.05, 0) is 39.9 Å². The second-order valence-electron chi connectivity index (χ2n) is 5.93. The topological polar surface area (TPSA) is 71.7 Å². The summed E-state index contributed by atoms with van der Waals surface area (Å²) in [5.41, 5.74) is 0.837. The molecule has 0 saturated carbocycles. The summed E-state index contributed by atoms with van der Waals surface area (Å²) in [5, 5.41) is 0.629. The predicted molar refractivity (Wildman–Crippen MR) is 105 cm³/mol. The van der Waals surface area contributed by atoms with Gasteiger partial charge in [-0.3, -0.25) is 0 Å². The monoisotopic (exact) mass is 384 g/mol. The highest BCUT2D eigenvalue weighted by Gasteiger charge is 2.24. The number of aromatic nitrogens is 2. The number of carbonyl (C=O) groups is 1. The molecule has 0 aliphatic rings. The van der Waals surface area contributed by atoms with E-state index in [0.717, 1.165) is 32.6 Å². The number of hydrogen-bond acceptors (Lipinski definition) is 7. The molecule has 8 heteroatoms. The van der Waals surface area contributed by atoms with Crippen LogP contribution < -0.4 is 4.90 Å². The zero-order valence-corrected chi connectivity index (χ0v) is 17.1. The Kier molecular flexibility index (Phi) is 8.81. The standard InChI is InChI=1S/C18H28N4O3.ClH/c1-6-22(7-2)11-9-10-21(5)16-15-14(18(23)24-8-3)13(4)25-17(15)20-12-19-16;/h12H,6-11H2,1-5H3;1H. The van der Waals surface area contributed by atoms with Crippen molar-refractivity contribution < 1.29 is 13.9 Å². The number of rotatable bonds is 9. The van der Waals surface area contributed by atoms with E-state index in [1.807, 2.05) is 11.9 Å². The SMILES string of the molecule is CCOC(=O)c1c(C)oc2ncnc(N(C)CCCN(CC)CC)c12.Cl. The minimum atomic E-state index is -0.397. The number of nitrogens with zero attached hydrogens (tertiary/aromatic N) is 4. The smallest absolute Gasteiger partial charge is 0.342 e. The van der Waals surface area contributed by atoms with Gasteiger partial charge in [0.1, 0.15) is 23.5 Å². The Morgan fingerprint density at radius 3 is 2.50 bits per heavy atom. The lowest BCUT2D eigenvalue weighted by atomic mass is 10.1. The zero-order valence-electron chi connectivity index (χ0n) is 16.2. The van der Waals surface area contributed by atoms with Gasteiger partial charge in [-0.2, -0.15) is 0 Å². The highest BCUT2D eigenvalue weighted by molar-refractivity contribution is 6.07. The molecule has 2 aromatic heterocycles. The van der Waals surface area contributed by atoms with Crippen molar-refractivity contribution in [3.05, 3.63) is 17.7 Å². The predicted octanol–water partition coefficient (Wildman–Crippen LogP) is 3.30. The molecular formula is C18H29ClN4O3. The van der Waals surface area contributed by atoms with Crippen LogP contribution in [0.2, 0.25) is 0 Å². The van der Waals surface area contributed by atoms with Gasteiger partial charge < -0.3 is 19.0 Å². The van der Waals surface area contributed by atoms with Crippen LogP contribution >= 0.6 is 12.4 Å². The number of esters is 1. The summed E-state index contributed by atoms with van der Waals surface area (Å²) >= 11 is 0. The third-order valence-corrected chi connectivity index (χ3v) is 4.35. The first kappa shape index (κ1) is 22.2. The van der Waals surface area contributed by atoms with E-state index >= 15 is 0 Å². The van der Waals surface area contributed by atoms with Crippen LogP contribution in [0.5, 0.6) is 0 Å². The van der Waals surface area contributed by atoms with Gasteiger partial charge in [0, 0.05) is 13.6 Å². The van der Waals surface area contributed by atoms with E-state index in [0.29, 0.717) is 34.8 Å². The third-order valence-electron chi connectivity index (χ3n) is 4.35. The van der Waals surface area contributed by atoms with Crippen LogP contribution in [-0.4, -0.2) is 60.7 Å². The fourth-order valence-electron chi connectivity index (χ4n) is 2.94. The summed E-state index contributed by atoms with van der Waals surface area (Å²) in [6, 6.07) is 0. The van der Waals surface area contributed by atoms with E-state index < -0.39 is 5.97 Å². The quantitative estimate of drug-likeness (QED) is 0.614. The summed E-state index contributed by atoms with van der Waals surface area (Å²) in [5.74, 6) is 0.808. The Hall–Kier alpha value is -1.86. The van der Waals surface area contributed by atoms with Gasteiger partial charge in [0.05, 0.1) is 12.0 Å². The first-order valence-corrected chi connectivity index (χ1v) is 8.88. The van der Waals surface area contributed by atoms with E-state index in [1.54, 1.807) is 13.8 Å². The number of fused-ring (bicyclic) bond motifs is 1. The summed E-state index contributed by atoms with van der Waals surface area (Å²) in [6.45, 7) is 12.1. The average Bonchev–Trinajstić information content (AvgIpc) is 2.94. The van der Waals surface area contributed by atoms with E-state index in [2.05, 4.69) is 28.7 Å². The molecule has 0 atom stereocenters. The largest absolute Gasteiger partial charge is 0.462 e. The number of carbonyl (C=O) groups excluding carboxylic acids is 1. The lowest BCUT2D eigenvalue weighted by Crippen LogP contribution is -2.28. The fourth-order valence-corrected chi connectivity index (χ4v) is 2.94. The molecule has 0 radical (unpaired) electrons. The second-order valence-corrected chi connectivity index (χ2v) is 5.93. The Balaban J connectivity index is 0.00000338. The minimum absolute atomic E-state index is 0. The van der Waals surface area contributed by atoms with Crippen LogP contribution in [0.4, 0.5) is 5.82 Å². The van der Waals surface area contributed by atoms with Gasteiger partial charge in [-0.15, -0.1) is 12.4 Å². The molecule has 0 aromatic carbocycles. The van der Waals surface area contributed by atoms with Gasteiger partial charge in [0.15, 0.2) is 0 Å². The van der Waals surface area contributed by atoms with Crippen molar-refractivity contribution in [2.75, 3.05) is 44.7 Å². The molecule has 0 bridgehead atoms. The van der Waals surface area contributed by atoms with E-state index in [-0.39, 0.29) is 12.4 Å². The van der Waals surface area contributed by atoms with Crippen LogP contribution in [-0.2, 0) is 4.74 Å². The van der Waals surface area contributed by atoms with Crippen molar-refractivity contribution in [3.63, 3.8) is 0 Å². The molecule has 0 amide bonds.